The smallest absolute Gasteiger partial charge is 0.269 e. The van der Waals surface area contributed by atoms with Crippen LogP contribution in [-0.4, -0.2) is 45.5 Å². The molecular weight excluding hydrogens is 292 g/mol. The zero-order valence-corrected chi connectivity index (χ0v) is 13.4. The fraction of sp³-hybridized carbons (Fsp3) is 0.412. The van der Waals surface area contributed by atoms with Crippen molar-refractivity contribution in [3.63, 3.8) is 0 Å². The summed E-state index contributed by atoms with van der Waals surface area (Å²) in [4.78, 5) is 15.3. The van der Waals surface area contributed by atoms with Crippen molar-refractivity contribution in [2.45, 2.75) is 13.1 Å². The van der Waals surface area contributed by atoms with E-state index in [2.05, 4.69) is 39.7 Å². The first-order valence-corrected chi connectivity index (χ1v) is 7.90. The standard InChI is InChI=1S/C17H22N4O2/c1-18-7-3-6-17(18)14-20-10-8-19(9-11-20)13-15-4-2-5-16(12-15)21(22)23/h2-7,12H,8-11,13-14H2,1H3. The fourth-order valence-corrected chi connectivity index (χ4v) is 3.02. The van der Waals surface area contributed by atoms with Gasteiger partial charge in [0.1, 0.15) is 0 Å². The van der Waals surface area contributed by atoms with Crippen LogP contribution in [0.15, 0.2) is 42.6 Å². The summed E-state index contributed by atoms with van der Waals surface area (Å²) in [5.41, 5.74) is 2.51. The Kier molecular flexibility index (Phi) is 4.73. The number of hydrogen-bond donors (Lipinski definition) is 0. The van der Waals surface area contributed by atoms with Crippen LogP contribution in [0.1, 0.15) is 11.3 Å². The summed E-state index contributed by atoms with van der Waals surface area (Å²) in [6.45, 7) is 5.80. The maximum absolute atomic E-state index is 10.9. The van der Waals surface area contributed by atoms with Crippen molar-refractivity contribution in [3.05, 3.63) is 64.0 Å². The van der Waals surface area contributed by atoms with E-state index in [1.807, 2.05) is 6.07 Å². The summed E-state index contributed by atoms with van der Waals surface area (Å²) in [7, 11) is 2.08. The normalized spacial score (nSPS) is 16.6. The monoisotopic (exact) mass is 314 g/mol. The molecular formula is C17H22N4O2. The lowest BCUT2D eigenvalue weighted by Gasteiger charge is -2.34. The van der Waals surface area contributed by atoms with Crippen molar-refractivity contribution in [2.24, 2.45) is 7.05 Å². The van der Waals surface area contributed by atoms with Crippen LogP contribution in [0.2, 0.25) is 0 Å². The summed E-state index contributed by atoms with van der Waals surface area (Å²) in [5.74, 6) is 0. The maximum atomic E-state index is 10.9. The Balaban J connectivity index is 1.52. The molecule has 0 amide bonds. The first-order valence-electron chi connectivity index (χ1n) is 7.90. The molecule has 0 N–H and O–H groups in total. The SMILES string of the molecule is Cn1cccc1CN1CCN(Cc2cccc([N+](=O)[O-])c2)CC1. The molecule has 0 bridgehead atoms. The van der Waals surface area contributed by atoms with Crippen LogP contribution in [0.4, 0.5) is 5.69 Å². The van der Waals surface area contributed by atoms with Crippen molar-refractivity contribution in [3.8, 4) is 0 Å². The molecule has 0 saturated carbocycles. The highest BCUT2D eigenvalue weighted by atomic mass is 16.6. The third-order valence-corrected chi connectivity index (χ3v) is 4.43. The molecule has 122 valence electrons. The Hall–Kier alpha value is -2.18. The molecule has 23 heavy (non-hydrogen) atoms. The lowest BCUT2D eigenvalue weighted by Crippen LogP contribution is -2.45. The lowest BCUT2D eigenvalue weighted by molar-refractivity contribution is -0.384. The van der Waals surface area contributed by atoms with E-state index in [4.69, 9.17) is 0 Å². The Bertz CT molecular complexity index is 675. The molecule has 1 aliphatic heterocycles. The number of hydrogen-bond acceptors (Lipinski definition) is 4. The Labute approximate surface area is 136 Å². The minimum atomic E-state index is -0.332. The van der Waals surface area contributed by atoms with Gasteiger partial charge < -0.3 is 4.57 Å². The molecule has 0 unspecified atom stereocenters. The number of nitro benzene ring substituents is 1. The van der Waals surface area contributed by atoms with Crippen LogP contribution in [0, 0.1) is 10.1 Å². The maximum Gasteiger partial charge on any atom is 0.269 e. The van der Waals surface area contributed by atoms with E-state index in [0.29, 0.717) is 0 Å². The number of benzene rings is 1. The van der Waals surface area contributed by atoms with Crippen LogP contribution < -0.4 is 0 Å². The van der Waals surface area contributed by atoms with Crippen LogP contribution in [0.5, 0.6) is 0 Å². The quantitative estimate of drug-likeness (QED) is 0.627. The van der Waals surface area contributed by atoms with Gasteiger partial charge in [-0.15, -0.1) is 0 Å². The molecule has 1 saturated heterocycles. The van der Waals surface area contributed by atoms with Gasteiger partial charge >= 0.3 is 0 Å². The summed E-state index contributed by atoms with van der Waals surface area (Å²) in [6.07, 6.45) is 2.08. The Morgan fingerprint density at radius 2 is 1.74 bits per heavy atom. The van der Waals surface area contributed by atoms with Gasteiger partial charge in [-0.3, -0.25) is 19.9 Å². The first-order chi connectivity index (χ1) is 11.1. The van der Waals surface area contributed by atoms with E-state index in [-0.39, 0.29) is 10.6 Å². The molecule has 1 aromatic carbocycles. The average Bonchev–Trinajstić information content (AvgIpc) is 2.95. The zero-order valence-electron chi connectivity index (χ0n) is 13.4. The minimum absolute atomic E-state index is 0.171. The Morgan fingerprint density at radius 1 is 1.04 bits per heavy atom. The van der Waals surface area contributed by atoms with Crippen molar-refractivity contribution in [1.82, 2.24) is 14.4 Å². The van der Waals surface area contributed by atoms with Gasteiger partial charge in [-0.2, -0.15) is 0 Å². The topological polar surface area (TPSA) is 54.5 Å². The second kappa shape index (κ2) is 6.93. The van der Waals surface area contributed by atoms with Crippen molar-refractivity contribution >= 4 is 5.69 Å². The predicted molar refractivity (Wildman–Crippen MR) is 89.1 cm³/mol. The molecule has 0 aliphatic carbocycles. The number of nitrogens with zero attached hydrogens (tertiary/aromatic N) is 4. The van der Waals surface area contributed by atoms with Gasteiger partial charge in [0.25, 0.3) is 5.69 Å². The minimum Gasteiger partial charge on any atom is -0.353 e. The van der Waals surface area contributed by atoms with E-state index >= 15 is 0 Å². The predicted octanol–water partition coefficient (Wildman–Crippen LogP) is 2.25. The number of non-ortho nitro benzene ring substituents is 1. The van der Waals surface area contributed by atoms with Gasteiger partial charge in [-0.1, -0.05) is 12.1 Å². The second-order valence-electron chi connectivity index (χ2n) is 6.09. The van der Waals surface area contributed by atoms with Gasteiger partial charge in [0, 0.05) is 70.3 Å². The molecule has 3 rings (SSSR count). The summed E-state index contributed by atoms with van der Waals surface area (Å²) in [5, 5.41) is 10.9. The molecule has 0 spiro atoms. The van der Waals surface area contributed by atoms with Crippen molar-refractivity contribution in [2.75, 3.05) is 26.2 Å². The average molecular weight is 314 g/mol. The second-order valence-corrected chi connectivity index (χ2v) is 6.09. The summed E-state index contributed by atoms with van der Waals surface area (Å²) in [6, 6.07) is 11.2. The Morgan fingerprint density at radius 3 is 2.35 bits per heavy atom. The molecule has 0 radical (unpaired) electrons. The van der Waals surface area contributed by atoms with Crippen LogP contribution in [-0.2, 0) is 20.1 Å². The zero-order chi connectivity index (χ0) is 16.2. The largest absolute Gasteiger partial charge is 0.353 e. The summed E-state index contributed by atoms with van der Waals surface area (Å²) < 4.78 is 2.16. The molecule has 2 heterocycles. The van der Waals surface area contributed by atoms with Crippen molar-refractivity contribution in [1.29, 1.82) is 0 Å². The van der Waals surface area contributed by atoms with Crippen LogP contribution in [0.25, 0.3) is 0 Å². The van der Waals surface area contributed by atoms with Gasteiger partial charge in [0.05, 0.1) is 4.92 Å². The van der Waals surface area contributed by atoms with Gasteiger partial charge in [-0.25, -0.2) is 0 Å². The van der Waals surface area contributed by atoms with E-state index in [1.165, 1.54) is 5.69 Å². The number of nitro groups is 1. The molecule has 2 aromatic rings. The third kappa shape index (κ3) is 3.97. The third-order valence-electron chi connectivity index (χ3n) is 4.43. The highest BCUT2D eigenvalue weighted by Crippen LogP contribution is 2.16. The lowest BCUT2D eigenvalue weighted by atomic mass is 10.1. The number of aromatic nitrogens is 1. The van der Waals surface area contributed by atoms with E-state index in [0.717, 1.165) is 44.8 Å². The van der Waals surface area contributed by atoms with Gasteiger partial charge in [0.15, 0.2) is 0 Å². The molecule has 1 aliphatic rings. The van der Waals surface area contributed by atoms with Gasteiger partial charge in [0.2, 0.25) is 0 Å². The fourth-order valence-electron chi connectivity index (χ4n) is 3.02. The molecule has 6 nitrogen and oxygen atoms in total. The van der Waals surface area contributed by atoms with Crippen LogP contribution in [0.3, 0.4) is 0 Å². The highest BCUT2D eigenvalue weighted by molar-refractivity contribution is 5.34. The van der Waals surface area contributed by atoms with E-state index in [1.54, 1.807) is 18.2 Å². The number of aryl methyl sites for hydroxylation is 1. The van der Waals surface area contributed by atoms with Gasteiger partial charge in [-0.05, 0) is 17.7 Å². The first kappa shape index (κ1) is 15.7. The molecule has 1 aromatic heterocycles. The number of rotatable bonds is 5. The highest BCUT2D eigenvalue weighted by Gasteiger charge is 2.18. The van der Waals surface area contributed by atoms with Crippen molar-refractivity contribution < 1.29 is 4.92 Å². The summed E-state index contributed by atoms with van der Waals surface area (Å²) >= 11 is 0. The molecule has 0 atom stereocenters. The van der Waals surface area contributed by atoms with E-state index in [9.17, 15) is 10.1 Å². The molecule has 1 fully saturated rings. The van der Waals surface area contributed by atoms with E-state index < -0.39 is 0 Å². The molecule has 6 heteroatoms. The number of piperazine rings is 1. The van der Waals surface area contributed by atoms with Crippen LogP contribution >= 0.6 is 0 Å².